The minimum Gasteiger partial charge on any atom is -0.497 e. The summed E-state index contributed by atoms with van der Waals surface area (Å²) in [6.07, 6.45) is 2.57. The van der Waals surface area contributed by atoms with Gasteiger partial charge in [0.05, 0.1) is 12.7 Å². The lowest BCUT2D eigenvalue weighted by molar-refractivity contribution is 0.0526. The number of hydrogen-bond acceptors (Lipinski definition) is 3. The number of aryl methyl sites for hydroxylation is 1. The Morgan fingerprint density at radius 2 is 2.38 bits per heavy atom. The molecule has 0 bridgehead atoms. The Labute approximate surface area is 96.4 Å². The van der Waals surface area contributed by atoms with E-state index in [0.717, 1.165) is 38.1 Å². The Morgan fingerprint density at radius 3 is 3.06 bits per heavy atom. The van der Waals surface area contributed by atoms with Gasteiger partial charge in [-0.05, 0) is 43.5 Å². The Morgan fingerprint density at radius 1 is 1.50 bits per heavy atom. The van der Waals surface area contributed by atoms with Crippen LogP contribution in [-0.4, -0.2) is 30.9 Å². The predicted molar refractivity (Wildman–Crippen MR) is 63.8 cm³/mol. The Kier molecular flexibility index (Phi) is 3.46. The van der Waals surface area contributed by atoms with Gasteiger partial charge in [0, 0.05) is 6.54 Å². The molecule has 0 amide bonds. The summed E-state index contributed by atoms with van der Waals surface area (Å²) >= 11 is 0. The first-order chi connectivity index (χ1) is 7.72. The van der Waals surface area contributed by atoms with Crippen molar-refractivity contribution in [1.82, 2.24) is 5.32 Å². The smallest absolute Gasteiger partial charge is 0.119 e. The summed E-state index contributed by atoms with van der Waals surface area (Å²) < 4.78 is 5.18. The van der Waals surface area contributed by atoms with Gasteiger partial charge in [-0.2, -0.15) is 0 Å². The van der Waals surface area contributed by atoms with Crippen LogP contribution in [-0.2, 0) is 6.42 Å². The van der Waals surface area contributed by atoms with E-state index < -0.39 is 5.60 Å². The summed E-state index contributed by atoms with van der Waals surface area (Å²) in [6.45, 7) is 1.64. The molecule has 0 saturated carbocycles. The molecule has 3 heteroatoms. The molecular formula is C13H19NO2. The predicted octanol–water partition coefficient (Wildman–Crippen LogP) is 1.35. The van der Waals surface area contributed by atoms with E-state index in [1.807, 2.05) is 18.2 Å². The van der Waals surface area contributed by atoms with Crippen LogP contribution in [0.15, 0.2) is 24.3 Å². The van der Waals surface area contributed by atoms with Gasteiger partial charge in [0.1, 0.15) is 5.75 Å². The number of methoxy groups -OCH3 is 1. The molecule has 1 aromatic rings. The van der Waals surface area contributed by atoms with Gasteiger partial charge in [-0.15, -0.1) is 0 Å². The minimum atomic E-state index is -0.511. The Hall–Kier alpha value is -1.06. The topological polar surface area (TPSA) is 41.5 Å². The zero-order chi connectivity index (χ0) is 11.4. The largest absolute Gasteiger partial charge is 0.497 e. The van der Waals surface area contributed by atoms with Crippen LogP contribution in [0.4, 0.5) is 0 Å². The summed E-state index contributed by atoms with van der Waals surface area (Å²) in [5.74, 6) is 0.883. The standard InChI is InChI=1S/C13H19NO2/c1-16-12-4-2-3-11(9-12)5-6-13(15)7-8-14-10-13/h2-4,9,14-15H,5-8,10H2,1H3. The number of β-amino-alcohol motifs (C(OH)–C–C–N with tert-alkyl or cyclic N) is 1. The molecule has 1 aliphatic heterocycles. The summed E-state index contributed by atoms with van der Waals surface area (Å²) in [6, 6.07) is 8.04. The Balaban J connectivity index is 1.93. The van der Waals surface area contributed by atoms with Crippen LogP contribution in [0.1, 0.15) is 18.4 Å². The van der Waals surface area contributed by atoms with Crippen molar-refractivity contribution in [2.24, 2.45) is 0 Å². The molecular weight excluding hydrogens is 202 g/mol. The third-order valence-electron chi connectivity index (χ3n) is 3.23. The van der Waals surface area contributed by atoms with E-state index in [4.69, 9.17) is 4.74 Å². The quantitative estimate of drug-likeness (QED) is 0.806. The van der Waals surface area contributed by atoms with Gasteiger partial charge in [-0.1, -0.05) is 12.1 Å². The monoisotopic (exact) mass is 221 g/mol. The average Bonchev–Trinajstić information content (AvgIpc) is 2.75. The lowest BCUT2D eigenvalue weighted by atomic mass is 9.94. The fourth-order valence-corrected chi connectivity index (χ4v) is 2.15. The molecule has 1 aliphatic rings. The third kappa shape index (κ3) is 2.74. The van der Waals surface area contributed by atoms with Crippen molar-refractivity contribution in [3.05, 3.63) is 29.8 Å². The van der Waals surface area contributed by atoms with E-state index in [1.54, 1.807) is 7.11 Å². The Bertz CT molecular complexity index is 346. The first kappa shape index (κ1) is 11.4. The number of aliphatic hydroxyl groups is 1. The summed E-state index contributed by atoms with van der Waals surface area (Å²) in [5.41, 5.74) is 0.711. The number of ether oxygens (including phenoxy) is 1. The molecule has 1 aromatic carbocycles. The van der Waals surface area contributed by atoms with Gasteiger partial charge in [-0.3, -0.25) is 0 Å². The van der Waals surface area contributed by atoms with Crippen LogP contribution >= 0.6 is 0 Å². The molecule has 0 aliphatic carbocycles. The van der Waals surface area contributed by atoms with E-state index in [1.165, 1.54) is 5.56 Å². The first-order valence-corrected chi connectivity index (χ1v) is 5.78. The van der Waals surface area contributed by atoms with Crippen molar-refractivity contribution in [3.8, 4) is 5.75 Å². The average molecular weight is 221 g/mol. The molecule has 1 heterocycles. The third-order valence-corrected chi connectivity index (χ3v) is 3.23. The van der Waals surface area contributed by atoms with Crippen LogP contribution in [0.25, 0.3) is 0 Å². The van der Waals surface area contributed by atoms with E-state index in [9.17, 15) is 5.11 Å². The molecule has 3 nitrogen and oxygen atoms in total. The van der Waals surface area contributed by atoms with Gasteiger partial charge < -0.3 is 15.2 Å². The maximum absolute atomic E-state index is 10.2. The lowest BCUT2D eigenvalue weighted by Gasteiger charge is -2.21. The molecule has 2 rings (SSSR count). The van der Waals surface area contributed by atoms with E-state index >= 15 is 0 Å². The SMILES string of the molecule is COc1cccc(CCC2(O)CCNC2)c1. The van der Waals surface area contributed by atoms with Crippen molar-refractivity contribution in [2.75, 3.05) is 20.2 Å². The molecule has 1 saturated heterocycles. The van der Waals surface area contributed by atoms with E-state index in [2.05, 4.69) is 11.4 Å². The number of rotatable bonds is 4. The molecule has 1 fully saturated rings. The molecule has 1 atom stereocenters. The molecule has 0 spiro atoms. The minimum absolute atomic E-state index is 0.511. The summed E-state index contributed by atoms with van der Waals surface area (Å²) in [5, 5.41) is 13.4. The van der Waals surface area contributed by atoms with Crippen molar-refractivity contribution in [1.29, 1.82) is 0 Å². The van der Waals surface area contributed by atoms with Gasteiger partial charge in [0.2, 0.25) is 0 Å². The van der Waals surface area contributed by atoms with Crippen LogP contribution in [0.2, 0.25) is 0 Å². The molecule has 16 heavy (non-hydrogen) atoms. The molecule has 88 valence electrons. The van der Waals surface area contributed by atoms with Gasteiger partial charge in [0.15, 0.2) is 0 Å². The normalized spacial score (nSPS) is 24.6. The lowest BCUT2D eigenvalue weighted by Crippen LogP contribution is -2.31. The molecule has 2 N–H and O–H groups in total. The number of hydrogen-bond donors (Lipinski definition) is 2. The van der Waals surface area contributed by atoms with Crippen molar-refractivity contribution < 1.29 is 9.84 Å². The molecule has 1 unspecified atom stereocenters. The second-order valence-corrected chi connectivity index (χ2v) is 4.50. The summed E-state index contributed by atoms with van der Waals surface area (Å²) in [7, 11) is 1.67. The highest BCUT2D eigenvalue weighted by molar-refractivity contribution is 5.28. The first-order valence-electron chi connectivity index (χ1n) is 5.78. The second-order valence-electron chi connectivity index (χ2n) is 4.50. The van der Waals surface area contributed by atoms with Crippen LogP contribution in [0, 0.1) is 0 Å². The number of nitrogens with one attached hydrogen (secondary N) is 1. The van der Waals surface area contributed by atoms with Crippen molar-refractivity contribution in [2.45, 2.75) is 24.9 Å². The van der Waals surface area contributed by atoms with Gasteiger partial charge >= 0.3 is 0 Å². The molecule has 0 aromatic heterocycles. The molecule has 0 radical (unpaired) electrons. The summed E-state index contributed by atoms with van der Waals surface area (Å²) in [4.78, 5) is 0. The van der Waals surface area contributed by atoms with E-state index in [-0.39, 0.29) is 0 Å². The highest BCUT2D eigenvalue weighted by Gasteiger charge is 2.30. The van der Waals surface area contributed by atoms with Gasteiger partial charge in [0.25, 0.3) is 0 Å². The second kappa shape index (κ2) is 4.85. The maximum atomic E-state index is 10.2. The van der Waals surface area contributed by atoms with Crippen molar-refractivity contribution in [3.63, 3.8) is 0 Å². The maximum Gasteiger partial charge on any atom is 0.119 e. The van der Waals surface area contributed by atoms with Crippen molar-refractivity contribution >= 4 is 0 Å². The van der Waals surface area contributed by atoms with Crippen LogP contribution in [0.5, 0.6) is 5.75 Å². The number of benzene rings is 1. The zero-order valence-corrected chi connectivity index (χ0v) is 9.70. The fourth-order valence-electron chi connectivity index (χ4n) is 2.15. The fraction of sp³-hybridized carbons (Fsp3) is 0.538. The van der Waals surface area contributed by atoms with Gasteiger partial charge in [-0.25, -0.2) is 0 Å². The zero-order valence-electron chi connectivity index (χ0n) is 9.70. The van der Waals surface area contributed by atoms with E-state index in [0.29, 0.717) is 0 Å². The highest BCUT2D eigenvalue weighted by atomic mass is 16.5. The van der Waals surface area contributed by atoms with Crippen LogP contribution < -0.4 is 10.1 Å². The highest BCUT2D eigenvalue weighted by Crippen LogP contribution is 2.22. The van der Waals surface area contributed by atoms with Crippen LogP contribution in [0.3, 0.4) is 0 Å².